The Bertz CT molecular complexity index is 2100. The number of aliphatic hydroxyl groups excluding tert-OH is 1. The van der Waals surface area contributed by atoms with E-state index in [9.17, 15) is 24.3 Å². The Morgan fingerprint density at radius 1 is 0.919 bits per heavy atom. The maximum Gasteiger partial charge on any atom is 0.406 e. The molecule has 3 aromatic carbocycles. The van der Waals surface area contributed by atoms with E-state index in [0.717, 1.165) is 28.1 Å². The van der Waals surface area contributed by atoms with Gasteiger partial charge in [0.1, 0.15) is 17.5 Å². The van der Waals surface area contributed by atoms with Crippen molar-refractivity contribution in [2.75, 3.05) is 33.3 Å². The molecule has 1 aromatic heterocycles. The molecule has 14 nitrogen and oxygen atoms in total. The third-order valence-corrected chi connectivity index (χ3v) is 11.1. The Kier molecular flexibility index (Phi) is 16.9. The van der Waals surface area contributed by atoms with Gasteiger partial charge in [0.25, 0.3) is 0 Å². The number of hydrogen-bond acceptors (Lipinski definition) is 9. The first kappa shape index (κ1) is 47.1. The summed E-state index contributed by atoms with van der Waals surface area (Å²) >= 11 is 0. The molecule has 2 heterocycles. The van der Waals surface area contributed by atoms with Crippen LogP contribution in [0.1, 0.15) is 68.6 Å². The number of nitrogens with zero attached hydrogens (tertiary/aromatic N) is 4. The number of urea groups is 1. The maximum absolute atomic E-state index is 14.6. The first-order chi connectivity index (χ1) is 29.6. The Labute approximate surface area is 366 Å². The molecule has 5 rings (SSSR count). The van der Waals surface area contributed by atoms with Crippen LogP contribution in [0.5, 0.6) is 11.5 Å². The number of alkyl carbamates (subject to hydrolysis) is 1. The van der Waals surface area contributed by atoms with Crippen molar-refractivity contribution in [3.63, 3.8) is 0 Å². The average Bonchev–Trinajstić information content (AvgIpc) is 3.58. The third-order valence-electron chi connectivity index (χ3n) is 11.1. The van der Waals surface area contributed by atoms with Crippen LogP contribution < -0.4 is 20.8 Å². The molecule has 1 fully saturated rings. The molecule has 0 bridgehead atoms. The summed E-state index contributed by atoms with van der Waals surface area (Å²) in [5, 5.41) is 19.7. The lowest BCUT2D eigenvalue weighted by Gasteiger charge is -2.35. The van der Waals surface area contributed by atoms with Gasteiger partial charge in [-0.1, -0.05) is 100 Å². The Balaban J connectivity index is 1.38. The van der Waals surface area contributed by atoms with E-state index in [1.54, 1.807) is 14.8 Å². The second-order valence-electron chi connectivity index (χ2n) is 17.0. The quantitative estimate of drug-likeness (QED) is 0.0682. The van der Waals surface area contributed by atoms with E-state index in [2.05, 4.69) is 21.0 Å². The lowest BCUT2D eigenvalue weighted by Crippen LogP contribution is -2.58. The van der Waals surface area contributed by atoms with Gasteiger partial charge in [0.05, 0.1) is 31.5 Å². The number of rotatable bonds is 21. The second-order valence-corrected chi connectivity index (χ2v) is 17.0. The third kappa shape index (κ3) is 14.0. The number of hydrogen-bond donors (Lipinski definition) is 4. The summed E-state index contributed by atoms with van der Waals surface area (Å²) in [6.07, 6.45) is -0.804. The van der Waals surface area contributed by atoms with Crippen molar-refractivity contribution in [2.24, 2.45) is 11.3 Å². The van der Waals surface area contributed by atoms with Crippen molar-refractivity contribution in [3.05, 3.63) is 125 Å². The number of methoxy groups -OCH3 is 1. The SMILES string of the molecule is CCC(C)C(C(=O)NC(Cc1ccccc1)C(O)CN(Cc1cccc(Oc2ccc(C)cc2)c1)NC(=O)CC(C)(C)CNC(=O)OC)N1CCN(Cc2cccc(C)n2)C1=O. The molecular formula is C48H63N7O7. The van der Waals surface area contributed by atoms with Gasteiger partial charge in [-0.25, -0.2) is 14.6 Å². The minimum absolute atomic E-state index is 0.0434. The molecule has 4 unspecified atom stereocenters. The van der Waals surface area contributed by atoms with Crippen molar-refractivity contribution >= 4 is 23.9 Å². The molecule has 4 aromatic rings. The van der Waals surface area contributed by atoms with E-state index in [-0.39, 0.29) is 56.2 Å². The van der Waals surface area contributed by atoms with Crippen molar-refractivity contribution in [3.8, 4) is 11.5 Å². The zero-order valence-electron chi connectivity index (χ0n) is 37.1. The average molecular weight is 850 g/mol. The molecule has 1 saturated heterocycles. The van der Waals surface area contributed by atoms with Crippen molar-refractivity contribution < 1.29 is 33.8 Å². The van der Waals surface area contributed by atoms with Crippen LogP contribution in [0.4, 0.5) is 9.59 Å². The number of amides is 5. The number of ether oxygens (including phenoxy) is 2. The van der Waals surface area contributed by atoms with Crippen molar-refractivity contribution in [1.82, 2.24) is 35.9 Å². The van der Waals surface area contributed by atoms with Gasteiger partial charge >= 0.3 is 12.1 Å². The van der Waals surface area contributed by atoms with Crippen molar-refractivity contribution in [2.45, 2.75) is 92.1 Å². The summed E-state index contributed by atoms with van der Waals surface area (Å²) in [7, 11) is 1.28. The molecule has 0 saturated carbocycles. The van der Waals surface area contributed by atoms with Crippen LogP contribution >= 0.6 is 0 Å². The molecular weight excluding hydrogens is 787 g/mol. The van der Waals surface area contributed by atoms with Crippen LogP contribution in [0.2, 0.25) is 0 Å². The number of hydrazine groups is 1. The number of aromatic nitrogens is 1. The van der Waals surface area contributed by atoms with Gasteiger partial charge in [0.15, 0.2) is 0 Å². The molecule has 0 radical (unpaired) electrons. The van der Waals surface area contributed by atoms with Gasteiger partial charge in [0, 0.05) is 44.8 Å². The fraction of sp³-hybridized carbons (Fsp3) is 0.438. The molecule has 4 N–H and O–H groups in total. The van der Waals surface area contributed by atoms with Crippen LogP contribution in [-0.2, 0) is 33.8 Å². The predicted octanol–water partition coefficient (Wildman–Crippen LogP) is 6.54. The Morgan fingerprint density at radius 3 is 2.32 bits per heavy atom. The monoisotopic (exact) mass is 849 g/mol. The zero-order valence-corrected chi connectivity index (χ0v) is 37.1. The highest BCUT2D eigenvalue weighted by Gasteiger charge is 2.41. The minimum atomic E-state index is -1.18. The number of benzene rings is 3. The standard InChI is InChI=1S/C48H63N7O7/c1-8-34(3)44(55-25-24-53(47(55)60)30-38-18-12-14-35(4)50-38)45(58)51-41(27-36-15-10-9-11-16-36)42(56)31-54(52-43(57)28-48(5,6)32-49-46(59)61-7)29-37-17-13-19-40(26-37)62-39-22-20-33(2)21-23-39/h9-23,26,34,41-42,44,56H,8,24-25,27-32H2,1-7H3,(H,49,59)(H,51,58)(H,52,57). The van der Waals surface area contributed by atoms with Gasteiger partial charge in [-0.2, -0.15) is 0 Å². The lowest BCUT2D eigenvalue weighted by atomic mass is 9.89. The van der Waals surface area contributed by atoms with Crippen LogP contribution in [-0.4, -0.2) is 100 Å². The van der Waals surface area contributed by atoms with E-state index in [0.29, 0.717) is 37.6 Å². The lowest BCUT2D eigenvalue weighted by molar-refractivity contribution is -0.131. The Hall–Kier alpha value is -5.99. The van der Waals surface area contributed by atoms with Gasteiger partial charge in [-0.3, -0.25) is 20.0 Å². The van der Waals surface area contributed by atoms with Crippen molar-refractivity contribution in [1.29, 1.82) is 0 Å². The number of carbonyl (C=O) groups excluding carboxylic acids is 4. The summed E-state index contributed by atoms with van der Waals surface area (Å²) in [6.45, 7) is 13.0. The van der Waals surface area contributed by atoms with E-state index in [1.807, 2.05) is 139 Å². The summed E-state index contributed by atoms with van der Waals surface area (Å²) in [4.78, 5) is 62.0. The minimum Gasteiger partial charge on any atom is -0.457 e. The predicted molar refractivity (Wildman–Crippen MR) is 238 cm³/mol. The van der Waals surface area contributed by atoms with E-state index >= 15 is 0 Å². The summed E-state index contributed by atoms with van der Waals surface area (Å²) in [5.41, 5.74) is 6.80. The van der Waals surface area contributed by atoms with Gasteiger partial charge in [-0.05, 0) is 79.1 Å². The van der Waals surface area contributed by atoms with Gasteiger partial charge < -0.3 is 35.0 Å². The number of nitrogens with one attached hydrogen (secondary N) is 3. The molecule has 0 aliphatic carbocycles. The van der Waals surface area contributed by atoms with E-state index < -0.39 is 29.7 Å². The molecule has 62 heavy (non-hydrogen) atoms. The van der Waals surface area contributed by atoms with Crippen LogP contribution in [0, 0.1) is 25.2 Å². The molecule has 5 amide bonds. The molecule has 332 valence electrons. The number of pyridine rings is 1. The molecule has 14 heteroatoms. The zero-order chi connectivity index (χ0) is 44.8. The summed E-state index contributed by atoms with van der Waals surface area (Å²) in [6, 6.07) is 28.7. The summed E-state index contributed by atoms with van der Waals surface area (Å²) < 4.78 is 10.9. The van der Waals surface area contributed by atoms with E-state index in [4.69, 9.17) is 9.47 Å². The number of carbonyl (C=O) groups is 4. The topological polar surface area (TPSA) is 166 Å². The van der Waals surface area contributed by atoms with Gasteiger partial charge in [0.2, 0.25) is 11.8 Å². The second kappa shape index (κ2) is 22.2. The first-order valence-electron chi connectivity index (χ1n) is 21.3. The first-order valence-corrected chi connectivity index (χ1v) is 21.3. The van der Waals surface area contributed by atoms with Crippen LogP contribution in [0.3, 0.4) is 0 Å². The molecule has 0 spiro atoms. The fourth-order valence-corrected chi connectivity index (χ4v) is 7.51. The number of aryl methyl sites for hydroxylation is 2. The highest BCUT2D eigenvalue weighted by molar-refractivity contribution is 5.88. The largest absolute Gasteiger partial charge is 0.457 e. The highest BCUT2D eigenvalue weighted by atomic mass is 16.5. The Morgan fingerprint density at radius 2 is 1.63 bits per heavy atom. The molecule has 1 aliphatic rings. The van der Waals surface area contributed by atoms with Gasteiger partial charge in [-0.15, -0.1) is 0 Å². The smallest absolute Gasteiger partial charge is 0.406 e. The van der Waals surface area contributed by atoms with E-state index in [1.165, 1.54) is 7.11 Å². The van der Waals surface area contributed by atoms with Crippen LogP contribution in [0.25, 0.3) is 0 Å². The highest BCUT2D eigenvalue weighted by Crippen LogP contribution is 2.26. The maximum atomic E-state index is 14.6. The summed E-state index contributed by atoms with van der Waals surface area (Å²) in [5.74, 6) is 0.397. The molecule has 4 atom stereocenters. The number of aliphatic hydroxyl groups is 1. The molecule has 1 aliphatic heterocycles. The fourth-order valence-electron chi connectivity index (χ4n) is 7.51. The normalized spacial score (nSPS) is 14.8. The van der Waals surface area contributed by atoms with Crippen LogP contribution in [0.15, 0.2) is 97.1 Å².